The van der Waals surface area contributed by atoms with Crippen molar-refractivity contribution in [1.29, 1.82) is 0 Å². The van der Waals surface area contributed by atoms with E-state index in [0.717, 1.165) is 68.3 Å². The zero-order valence-electron chi connectivity index (χ0n) is 22.3. The molecule has 1 N–H and O–H groups in total. The molecule has 1 aliphatic heterocycles. The number of nitrogens with one attached hydrogen (secondary N) is 1. The zero-order valence-corrected chi connectivity index (χ0v) is 24.6. The van der Waals surface area contributed by atoms with Crippen molar-refractivity contribution in [3.05, 3.63) is 47.5 Å². The Kier molecular flexibility index (Phi) is 12.3. The Labute approximate surface area is 243 Å². The Morgan fingerprint density at radius 3 is 2.41 bits per heavy atom. The van der Waals surface area contributed by atoms with E-state index in [4.69, 9.17) is 25.8 Å². The second-order valence-corrected chi connectivity index (χ2v) is 10.8. The average molecular weight is 624 g/mol. The van der Waals surface area contributed by atoms with E-state index >= 15 is 0 Å². The molecule has 2 aromatic carbocycles. The first-order valence-electron chi connectivity index (χ1n) is 13.8. The molecule has 0 saturated carbocycles. The summed E-state index contributed by atoms with van der Waals surface area (Å²) in [5.41, 5.74) is 1.36. The highest BCUT2D eigenvalue weighted by atomic mass is 79.9. The van der Waals surface area contributed by atoms with Crippen molar-refractivity contribution < 1.29 is 18.6 Å². The Bertz CT molecular complexity index is 1180. The van der Waals surface area contributed by atoms with E-state index in [-0.39, 0.29) is 5.02 Å². The number of rotatable bonds is 16. The van der Waals surface area contributed by atoms with Crippen molar-refractivity contribution >= 4 is 49.9 Å². The van der Waals surface area contributed by atoms with Gasteiger partial charge in [0.05, 0.1) is 37.0 Å². The molecule has 0 amide bonds. The van der Waals surface area contributed by atoms with Gasteiger partial charge in [0.2, 0.25) is 0 Å². The van der Waals surface area contributed by atoms with Crippen LogP contribution in [0.15, 0.2) is 36.7 Å². The average Bonchev–Trinajstić information content (AvgIpc) is 2.95. The second-order valence-electron chi connectivity index (χ2n) is 9.61. The van der Waals surface area contributed by atoms with Gasteiger partial charge in [-0.15, -0.1) is 0 Å². The van der Waals surface area contributed by atoms with E-state index in [1.54, 1.807) is 6.07 Å². The number of benzene rings is 2. The number of fused-ring (bicyclic) bond motifs is 1. The van der Waals surface area contributed by atoms with Crippen LogP contribution in [0.4, 0.5) is 15.9 Å². The van der Waals surface area contributed by atoms with Crippen LogP contribution in [-0.4, -0.2) is 66.3 Å². The summed E-state index contributed by atoms with van der Waals surface area (Å²) >= 11 is 9.47. The van der Waals surface area contributed by atoms with E-state index in [9.17, 15) is 4.39 Å². The molecular weight excluding hydrogens is 587 g/mol. The Morgan fingerprint density at radius 1 is 0.923 bits per heavy atom. The van der Waals surface area contributed by atoms with Gasteiger partial charge in [0.1, 0.15) is 18.0 Å². The van der Waals surface area contributed by atoms with Gasteiger partial charge in [0, 0.05) is 42.1 Å². The minimum Gasteiger partial charge on any atom is -0.490 e. The molecule has 1 fully saturated rings. The zero-order chi connectivity index (χ0) is 27.3. The summed E-state index contributed by atoms with van der Waals surface area (Å²) in [6.45, 7) is 5.64. The lowest BCUT2D eigenvalue weighted by Crippen LogP contribution is -2.37. The number of hydrogen-bond acceptors (Lipinski definition) is 7. The third-order valence-electron chi connectivity index (χ3n) is 6.65. The van der Waals surface area contributed by atoms with Crippen LogP contribution in [0, 0.1) is 5.82 Å². The molecule has 4 rings (SSSR count). The van der Waals surface area contributed by atoms with Crippen LogP contribution in [0.2, 0.25) is 5.02 Å². The largest absolute Gasteiger partial charge is 0.490 e. The highest BCUT2D eigenvalue weighted by Gasteiger charge is 2.14. The van der Waals surface area contributed by atoms with Gasteiger partial charge < -0.3 is 19.5 Å². The summed E-state index contributed by atoms with van der Waals surface area (Å²) in [7, 11) is 0. The first-order chi connectivity index (χ1) is 19.1. The fourth-order valence-electron chi connectivity index (χ4n) is 4.48. The van der Waals surface area contributed by atoms with E-state index in [1.807, 2.05) is 12.1 Å². The third-order valence-corrected chi connectivity index (χ3v) is 7.50. The molecule has 10 heteroatoms. The van der Waals surface area contributed by atoms with E-state index in [2.05, 4.69) is 36.1 Å². The summed E-state index contributed by atoms with van der Waals surface area (Å²) in [6.07, 6.45) is 9.49. The standard InChI is InChI=1S/C29H37BrClFN4O3/c30-10-5-3-1-2-4-6-14-38-28-20-26-23(19-27(28)39-15-7-11-36-12-16-37-17-13-36)29(34-21-33-26)35-22-8-9-25(32)24(31)18-22/h8-9,18-21H,1-7,10-17H2,(H,33,34,35). The number of ether oxygens (including phenoxy) is 3. The first kappa shape index (κ1) is 29.8. The van der Waals surface area contributed by atoms with Crippen LogP contribution in [0.25, 0.3) is 10.9 Å². The molecule has 1 aliphatic rings. The predicted octanol–water partition coefficient (Wildman–Crippen LogP) is 7.38. The molecule has 1 saturated heterocycles. The molecular formula is C29H37BrClFN4O3. The summed E-state index contributed by atoms with van der Waals surface area (Å²) in [4.78, 5) is 11.3. The number of aromatic nitrogens is 2. The number of unbranched alkanes of at least 4 members (excludes halogenated alkanes) is 5. The Balaban J connectivity index is 1.44. The lowest BCUT2D eigenvalue weighted by molar-refractivity contribution is 0.0357. The molecule has 2 heterocycles. The van der Waals surface area contributed by atoms with Crippen LogP contribution in [-0.2, 0) is 4.74 Å². The molecule has 0 spiro atoms. The van der Waals surface area contributed by atoms with Crippen molar-refractivity contribution in [2.24, 2.45) is 0 Å². The summed E-state index contributed by atoms with van der Waals surface area (Å²) in [6, 6.07) is 8.31. The number of alkyl halides is 1. The molecule has 0 radical (unpaired) electrons. The lowest BCUT2D eigenvalue weighted by Gasteiger charge is -2.26. The van der Waals surface area contributed by atoms with Crippen molar-refractivity contribution in [3.8, 4) is 11.5 Å². The molecule has 3 aromatic rings. The Morgan fingerprint density at radius 2 is 1.64 bits per heavy atom. The molecule has 0 aliphatic carbocycles. The van der Waals surface area contributed by atoms with E-state index < -0.39 is 5.82 Å². The number of anilines is 2. The van der Waals surface area contributed by atoms with E-state index in [1.165, 1.54) is 44.1 Å². The van der Waals surface area contributed by atoms with Crippen molar-refractivity contribution in [3.63, 3.8) is 0 Å². The van der Waals surface area contributed by atoms with Crippen LogP contribution in [0.5, 0.6) is 11.5 Å². The predicted molar refractivity (Wildman–Crippen MR) is 159 cm³/mol. The molecule has 1 aromatic heterocycles. The van der Waals surface area contributed by atoms with Gasteiger partial charge in [-0.25, -0.2) is 14.4 Å². The fraction of sp³-hybridized carbons (Fsp3) is 0.517. The maximum atomic E-state index is 13.6. The van der Waals surface area contributed by atoms with Crippen LogP contribution < -0.4 is 14.8 Å². The van der Waals surface area contributed by atoms with Gasteiger partial charge in [-0.2, -0.15) is 0 Å². The normalized spacial score (nSPS) is 14.0. The summed E-state index contributed by atoms with van der Waals surface area (Å²) in [5, 5.41) is 5.13. The van der Waals surface area contributed by atoms with Crippen LogP contribution in [0.1, 0.15) is 44.9 Å². The van der Waals surface area contributed by atoms with Crippen molar-refractivity contribution in [2.45, 2.75) is 44.9 Å². The smallest absolute Gasteiger partial charge is 0.163 e. The van der Waals surface area contributed by atoms with E-state index in [0.29, 0.717) is 36.2 Å². The number of hydrogen-bond donors (Lipinski definition) is 1. The minimum absolute atomic E-state index is 0.0430. The third kappa shape index (κ3) is 9.45. The van der Waals surface area contributed by atoms with Gasteiger partial charge in [0.15, 0.2) is 11.5 Å². The fourth-order valence-corrected chi connectivity index (χ4v) is 5.06. The van der Waals surface area contributed by atoms with Gasteiger partial charge in [-0.3, -0.25) is 4.90 Å². The van der Waals surface area contributed by atoms with Crippen molar-refractivity contribution in [2.75, 3.05) is 56.7 Å². The van der Waals surface area contributed by atoms with Crippen LogP contribution in [0.3, 0.4) is 0 Å². The van der Waals surface area contributed by atoms with Gasteiger partial charge in [0.25, 0.3) is 0 Å². The summed E-state index contributed by atoms with van der Waals surface area (Å²) in [5.74, 6) is 1.46. The van der Waals surface area contributed by atoms with Crippen LogP contribution >= 0.6 is 27.5 Å². The number of halogens is 3. The Hall–Kier alpha value is -2.20. The monoisotopic (exact) mass is 622 g/mol. The lowest BCUT2D eigenvalue weighted by atomic mass is 10.1. The number of morpholine rings is 1. The first-order valence-corrected chi connectivity index (χ1v) is 15.3. The maximum absolute atomic E-state index is 13.6. The molecule has 0 bridgehead atoms. The summed E-state index contributed by atoms with van der Waals surface area (Å²) < 4.78 is 31.6. The van der Waals surface area contributed by atoms with Gasteiger partial charge >= 0.3 is 0 Å². The second kappa shape index (κ2) is 16.2. The molecule has 0 unspecified atom stereocenters. The quantitative estimate of drug-likeness (QED) is 0.132. The molecule has 212 valence electrons. The SMILES string of the molecule is Fc1ccc(Nc2ncnc3cc(OCCCCCCCCBr)c(OCCCN4CCOCC4)cc23)cc1Cl. The number of nitrogens with zero attached hydrogens (tertiary/aromatic N) is 3. The maximum Gasteiger partial charge on any atom is 0.163 e. The molecule has 39 heavy (non-hydrogen) atoms. The molecule has 0 atom stereocenters. The highest BCUT2D eigenvalue weighted by molar-refractivity contribution is 9.09. The topological polar surface area (TPSA) is 68.7 Å². The van der Waals surface area contributed by atoms with Gasteiger partial charge in [-0.05, 0) is 43.5 Å². The molecule has 7 nitrogen and oxygen atoms in total. The highest BCUT2D eigenvalue weighted by Crippen LogP contribution is 2.35. The van der Waals surface area contributed by atoms with Crippen molar-refractivity contribution in [1.82, 2.24) is 14.9 Å². The minimum atomic E-state index is -0.469. The van der Waals surface area contributed by atoms with Gasteiger partial charge in [-0.1, -0.05) is 53.2 Å².